The lowest BCUT2D eigenvalue weighted by atomic mass is 9.44. The zero-order chi connectivity index (χ0) is 18.8. The summed E-state index contributed by atoms with van der Waals surface area (Å²) in [6, 6.07) is 8.48. The summed E-state index contributed by atoms with van der Waals surface area (Å²) in [6.07, 6.45) is 2.93. The van der Waals surface area contributed by atoms with Crippen molar-refractivity contribution in [3.8, 4) is 0 Å². The van der Waals surface area contributed by atoms with Crippen molar-refractivity contribution >= 4 is 11.6 Å². The molecule has 1 saturated carbocycles. The molecule has 1 aromatic rings. The second-order valence-corrected chi connectivity index (χ2v) is 9.91. The SMILES string of the molecule is Cc1ccc([C@@H]2CC3C(=O)C(=O)[C@]2(C(C)(C)C)C=C3C(C)(C)C)cc1. The Labute approximate surface area is 151 Å². The number of hydrogen-bond donors (Lipinski definition) is 0. The van der Waals surface area contributed by atoms with Crippen LogP contribution in [0.3, 0.4) is 0 Å². The van der Waals surface area contributed by atoms with Crippen LogP contribution in [-0.4, -0.2) is 11.6 Å². The number of rotatable bonds is 1. The van der Waals surface area contributed by atoms with E-state index in [4.69, 9.17) is 0 Å². The quantitative estimate of drug-likeness (QED) is 0.517. The van der Waals surface area contributed by atoms with Crippen LogP contribution in [0.25, 0.3) is 0 Å². The average Bonchev–Trinajstić information content (AvgIpc) is 2.50. The van der Waals surface area contributed by atoms with E-state index >= 15 is 0 Å². The third-order valence-electron chi connectivity index (χ3n) is 6.28. The first-order chi connectivity index (χ1) is 11.4. The van der Waals surface area contributed by atoms with Crippen LogP contribution in [0.5, 0.6) is 0 Å². The molecule has 2 heteroatoms. The number of fused-ring (bicyclic) bond motifs is 2. The first-order valence-corrected chi connectivity index (χ1v) is 9.28. The van der Waals surface area contributed by atoms with E-state index in [1.807, 2.05) is 0 Å². The first-order valence-electron chi connectivity index (χ1n) is 9.28. The molecule has 25 heavy (non-hydrogen) atoms. The molecular weight excluding hydrogens is 308 g/mol. The smallest absolute Gasteiger partial charge is 0.210 e. The largest absolute Gasteiger partial charge is 0.290 e. The molecular formula is C23H30O2. The lowest BCUT2D eigenvalue weighted by molar-refractivity contribution is -0.153. The Morgan fingerprint density at radius 2 is 1.52 bits per heavy atom. The van der Waals surface area contributed by atoms with Gasteiger partial charge in [-0.2, -0.15) is 0 Å². The summed E-state index contributed by atoms with van der Waals surface area (Å²) in [6.45, 7) is 14.8. The maximum absolute atomic E-state index is 13.3. The van der Waals surface area contributed by atoms with Gasteiger partial charge in [-0.25, -0.2) is 0 Å². The molecule has 2 nitrogen and oxygen atoms in total. The first kappa shape index (κ1) is 18.1. The molecule has 3 atom stereocenters. The van der Waals surface area contributed by atoms with Crippen molar-refractivity contribution in [3.05, 3.63) is 47.0 Å². The Morgan fingerprint density at radius 1 is 0.960 bits per heavy atom. The molecule has 134 valence electrons. The van der Waals surface area contributed by atoms with Crippen LogP contribution in [-0.2, 0) is 9.59 Å². The number of carbonyl (C=O) groups is 2. The topological polar surface area (TPSA) is 34.1 Å². The maximum Gasteiger partial charge on any atom is 0.210 e. The van der Waals surface area contributed by atoms with Gasteiger partial charge < -0.3 is 0 Å². The highest BCUT2D eigenvalue weighted by molar-refractivity contribution is 6.43. The van der Waals surface area contributed by atoms with Gasteiger partial charge in [0, 0.05) is 11.8 Å². The number of hydrogen-bond acceptors (Lipinski definition) is 2. The van der Waals surface area contributed by atoms with E-state index in [9.17, 15) is 9.59 Å². The van der Waals surface area contributed by atoms with E-state index in [0.29, 0.717) is 0 Å². The highest BCUT2D eigenvalue weighted by atomic mass is 16.2. The van der Waals surface area contributed by atoms with E-state index in [0.717, 1.165) is 12.0 Å². The zero-order valence-electron chi connectivity index (χ0n) is 16.6. The molecule has 1 fully saturated rings. The van der Waals surface area contributed by atoms with Crippen molar-refractivity contribution in [2.45, 2.75) is 60.8 Å². The molecule has 0 amide bonds. The van der Waals surface area contributed by atoms with Crippen LogP contribution >= 0.6 is 0 Å². The molecule has 0 radical (unpaired) electrons. The Morgan fingerprint density at radius 3 is 2.00 bits per heavy atom. The minimum atomic E-state index is -0.753. The van der Waals surface area contributed by atoms with Gasteiger partial charge in [0.25, 0.3) is 0 Å². The van der Waals surface area contributed by atoms with E-state index < -0.39 is 5.41 Å². The van der Waals surface area contributed by atoms with Crippen molar-refractivity contribution in [1.82, 2.24) is 0 Å². The Hall–Kier alpha value is -1.70. The normalized spacial score (nSPS) is 29.8. The number of benzene rings is 1. The molecule has 3 aliphatic carbocycles. The van der Waals surface area contributed by atoms with Gasteiger partial charge >= 0.3 is 0 Å². The third-order valence-corrected chi connectivity index (χ3v) is 6.28. The number of ketones is 2. The second kappa shape index (κ2) is 5.40. The Balaban J connectivity index is 2.27. The molecule has 0 aromatic heterocycles. The Kier molecular flexibility index (Phi) is 3.91. The molecule has 1 unspecified atom stereocenters. The van der Waals surface area contributed by atoms with Crippen LogP contribution < -0.4 is 0 Å². The predicted octanol–water partition coefficient (Wildman–Crippen LogP) is 5.26. The number of carbonyl (C=O) groups excluding carboxylic acids is 2. The van der Waals surface area contributed by atoms with Gasteiger partial charge in [0.2, 0.25) is 11.6 Å². The minimum Gasteiger partial charge on any atom is -0.290 e. The van der Waals surface area contributed by atoms with E-state index in [2.05, 4.69) is 78.8 Å². The van der Waals surface area contributed by atoms with Gasteiger partial charge in [-0.15, -0.1) is 0 Å². The highest BCUT2D eigenvalue weighted by Gasteiger charge is 2.63. The fraction of sp³-hybridized carbons (Fsp3) is 0.565. The summed E-state index contributed by atoms with van der Waals surface area (Å²) in [5.41, 5.74) is 2.36. The van der Waals surface area contributed by atoms with Crippen molar-refractivity contribution in [2.24, 2.45) is 22.2 Å². The van der Waals surface area contributed by atoms with Gasteiger partial charge in [0.15, 0.2) is 0 Å². The van der Waals surface area contributed by atoms with Gasteiger partial charge in [-0.3, -0.25) is 9.59 Å². The lowest BCUT2D eigenvalue weighted by Gasteiger charge is -2.56. The molecule has 1 aromatic carbocycles. The summed E-state index contributed by atoms with van der Waals surface area (Å²) in [5.74, 6) is -0.557. The summed E-state index contributed by atoms with van der Waals surface area (Å²) >= 11 is 0. The number of Topliss-reactive ketones (excluding diaryl/α,β-unsaturated/α-hetero) is 2. The van der Waals surface area contributed by atoms with Crippen LogP contribution in [0.1, 0.15) is 65.0 Å². The minimum absolute atomic E-state index is 0.0643. The van der Waals surface area contributed by atoms with Gasteiger partial charge in [-0.05, 0) is 29.7 Å². The number of allylic oxidation sites excluding steroid dienone is 2. The fourth-order valence-corrected chi connectivity index (χ4v) is 4.85. The molecule has 3 aliphatic rings. The summed E-state index contributed by atoms with van der Waals surface area (Å²) in [7, 11) is 0. The highest BCUT2D eigenvalue weighted by Crippen LogP contribution is 2.63. The second-order valence-electron chi connectivity index (χ2n) is 9.91. The summed E-state index contributed by atoms with van der Waals surface area (Å²) < 4.78 is 0. The Bertz CT molecular complexity index is 753. The molecule has 0 saturated heterocycles. The van der Waals surface area contributed by atoms with Crippen LogP contribution in [0, 0.1) is 29.1 Å². The van der Waals surface area contributed by atoms with Crippen LogP contribution in [0.15, 0.2) is 35.9 Å². The van der Waals surface area contributed by atoms with Crippen LogP contribution in [0.4, 0.5) is 0 Å². The zero-order valence-corrected chi connectivity index (χ0v) is 16.6. The van der Waals surface area contributed by atoms with Crippen LogP contribution in [0.2, 0.25) is 0 Å². The standard InChI is InChI=1S/C23H30O2/c1-14-8-10-15(11-9-14)17-12-16-18(21(2,3)4)13-23(17,22(5,6)7)20(25)19(16)24/h8-11,13,16-17H,12H2,1-7H3/t16?,17-,23-/m0/s1. The van der Waals surface area contributed by atoms with Crippen molar-refractivity contribution in [3.63, 3.8) is 0 Å². The van der Waals surface area contributed by atoms with Crippen molar-refractivity contribution in [2.75, 3.05) is 0 Å². The predicted molar refractivity (Wildman–Crippen MR) is 101 cm³/mol. The average molecular weight is 338 g/mol. The van der Waals surface area contributed by atoms with Gasteiger partial charge in [-0.1, -0.05) is 83.0 Å². The fourth-order valence-electron chi connectivity index (χ4n) is 4.85. The van der Waals surface area contributed by atoms with E-state index in [1.165, 1.54) is 11.1 Å². The molecule has 0 heterocycles. The van der Waals surface area contributed by atoms with Crippen molar-refractivity contribution < 1.29 is 9.59 Å². The monoisotopic (exact) mass is 338 g/mol. The lowest BCUT2D eigenvalue weighted by Crippen LogP contribution is -2.59. The van der Waals surface area contributed by atoms with Gasteiger partial charge in [0.1, 0.15) is 0 Å². The molecule has 0 N–H and O–H groups in total. The molecule has 4 rings (SSSR count). The molecule has 0 aliphatic heterocycles. The summed E-state index contributed by atoms with van der Waals surface area (Å²) in [5, 5.41) is 0. The molecule has 2 bridgehead atoms. The summed E-state index contributed by atoms with van der Waals surface area (Å²) in [4.78, 5) is 26.2. The van der Waals surface area contributed by atoms with E-state index in [-0.39, 0.29) is 34.2 Å². The van der Waals surface area contributed by atoms with Gasteiger partial charge in [0.05, 0.1) is 5.41 Å². The maximum atomic E-state index is 13.3. The number of aryl methyl sites for hydroxylation is 1. The third kappa shape index (κ3) is 2.53. The molecule has 0 spiro atoms. The van der Waals surface area contributed by atoms with Crippen molar-refractivity contribution in [1.29, 1.82) is 0 Å². The van der Waals surface area contributed by atoms with E-state index in [1.54, 1.807) is 0 Å².